The van der Waals surface area contributed by atoms with Crippen LogP contribution in [-0.2, 0) is 4.79 Å². The lowest BCUT2D eigenvalue weighted by Gasteiger charge is -2.13. The SMILES string of the molecule is CC(Oc1cccc(Cl)c1)C(=O)Nc1nc(-c2cccs2)cs1. The van der Waals surface area contributed by atoms with Gasteiger partial charge in [0.1, 0.15) is 5.75 Å². The Bertz CT molecular complexity index is 802. The number of hydrogen-bond donors (Lipinski definition) is 1. The highest BCUT2D eigenvalue weighted by Gasteiger charge is 2.17. The molecule has 0 bridgehead atoms. The van der Waals surface area contributed by atoms with Crippen molar-refractivity contribution in [1.29, 1.82) is 0 Å². The van der Waals surface area contributed by atoms with Crippen molar-refractivity contribution in [2.45, 2.75) is 13.0 Å². The number of nitrogens with one attached hydrogen (secondary N) is 1. The largest absolute Gasteiger partial charge is 0.481 e. The third-order valence-electron chi connectivity index (χ3n) is 2.99. The number of nitrogens with zero attached hydrogens (tertiary/aromatic N) is 1. The summed E-state index contributed by atoms with van der Waals surface area (Å²) in [5.74, 6) is 0.301. The highest BCUT2D eigenvalue weighted by Crippen LogP contribution is 2.28. The molecule has 1 atom stereocenters. The van der Waals surface area contributed by atoms with Crippen LogP contribution in [-0.4, -0.2) is 17.0 Å². The molecule has 1 N–H and O–H groups in total. The topological polar surface area (TPSA) is 51.2 Å². The average Bonchev–Trinajstić information content (AvgIpc) is 3.17. The molecule has 0 aliphatic rings. The first-order valence-corrected chi connectivity index (χ1v) is 8.98. The van der Waals surface area contributed by atoms with Gasteiger partial charge in [-0.05, 0) is 36.6 Å². The van der Waals surface area contributed by atoms with Crippen LogP contribution in [0.4, 0.5) is 5.13 Å². The Morgan fingerprint density at radius 2 is 2.17 bits per heavy atom. The van der Waals surface area contributed by atoms with Crippen molar-refractivity contribution in [2.24, 2.45) is 0 Å². The maximum Gasteiger partial charge on any atom is 0.266 e. The van der Waals surface area contributed by atoms with Gasteiger partial charge in [0.15, 0.2) is 11.2 Å². The smallest absolute Gasteiger partial charge is 0.266 e. The first kappa shape index (κ1) is 16.0. The Balaban J connectivity index is 1.62. The lowest BCUT2D eigenvalue weighted by atomic mass is 10.3. The number of rotatable bonds is 5. The number of carbonyl (C=O) groups is 1. The molecule has 1 aromatic carbocycles. The molecule has 3 aromatic rings. The van der Waals surface area contributed by atoms with Crippen molar-refractivity contribution in [3.8, 4) is 16.3 Å². The van der Waals surface area contributed by atoms with E-state index in [0.29, 0.717) is 15.9 Å². The van der Waals surface area contributed by atoms with Crippen molar-refractivity contribution in [1.82, 2.24) is 4.98 Å². The third kappa shape index (κ3) is 4.10. The predicted octanol–water partition coefficient (Wildman–Crippen LogP) is 4.93. The molecular weight excluding hydrogens is 352 g/mol. The van der Waals surface area contributed by atoms with E-state index in [1.54, 1.807) is 42.5 Å². The highest BCUT2D eigenvalue weighted by molar-refractivity contribution is 7.16. The van der Waals surface area contributed by atoms with E-state index in [-0.39, 0.29) is 5.91 Å². The molecule has 1 amide bonds. The van der Waals surface area contributed by atoms with E-state index in [9.17, 15) is 4.79 Å². The minimum absolute atomic E-state index is 0.253. The number of ether oxygens (including phenoxy) is 1. The van der Waals surface area contributed by atoms with Gasteiger partial charge in [-0.25, -0.2) is 4.98 Å². The molecule has 3 rings (SSSR count). The van der Waals surface area contributed by atoms with Gasteiger partial charge in [-0.3, -0.25) is 10.1 Å². The summed E-state index contributed by atoms with van der Waals surface area (Å²) in [6, 6.07) is 10.9. The van der Waals surface area contributed by atoms with Gasteiger partial charge in [-0.15, -0.1) is 22.7 Å². The zero-order valence-electron chi connectivity index (χ0n) is 12.2. The second kappa shape index (κ2) is 7.12. The normalized spacial score (nSPS) is 11.9. The van der Waals surface area contributed by atoms with E-state index >= 15 is 0 Å². The Labute approximate surface area is 146 Å². The summed E-state index contributed by atoms with van der Waals surface area (Å²) >= 11 is 8.90. The molecule has 0 aliphatic heterocycles. The second-order valence-electron chi connectivity index (χ2n) is 4.72. The zero-order chi connectivity index (χ0) is 16.2. The van der Waals surface area contributed by atoms with Gasteiger partial charge in [0.25, 0.3) is 5.91 Å². The van der Waals surface area contributed by atoms with E-state index in [0.717, 1.165) is 10.6 Å². The average molecular weight is 365 g/mol. The number of thiophene rings is 1. The van der Waals surface area contributed by atoms with Crippen LogP contribution in [0.2, 0.25) is 5.02 Å². The van der Waals surface area contributed by atoms with Gasteiger partial charge in [0.05, 0.1) is 10.6 Å². The Morgan fingerprint density at radius 3 is 2.91 bits per heavy atom. The fraction of sp³-hybridized carbons (Fsp3) is 0.125. The van der Waals surface area contributed by atoms with Gasteiger partial charge in [-0.1, -0.05) is 23.7 Å². The Kier molecular flexibility index (Phi) is 4.95. The Hall–Kier alpha value is -1.89. The molecule has 0 fully saturated rings. The maximum atomic E-state index is 12.2. The number of anilines is 1. The minimum Gasteiger partial charge on any atom is -0.481 e. The van der Waals surface area contributed by atoms with Crippen molar-refractivity contribution in [3.63, 3.8) is 0 Å². The van der Waals surface area contributed by atoms with Crippen LogP contribution in [0.5, 0.6) is 5.75 Å². The van der Waals surface area contributed by atoms with E-state index in [2.05, 4.69) is 10.3 Å². The van der Waals surface area contributed by atoms with Crippen molar-refractivity contribution in [3.05, 3.63) is 52.2 Å². The van der Waals surface area contributed by atoms with Crippen molar-refractivity contribution >= 4 is 45.3 Å². The van der Waals surface area contributed by atoms with Crippen LogP contribution in [0, 0.1) is 0 Å². The van der Waals surface area contributed by atoms with Gasteiger partial charge in [0, 0.05) is 10.4 Å². The summed E-state index contributed by atoms with van der Waals surface area (Å²) in [7, 11) is 0. The van der Waals surface area contributed by atoms with Crippen molar-refractivity contribution in [2.75, 3.05) is 5.32 Å². The first-order chi connectivity index (χ1) is 11.1. The predicted molar refractivity (Wildman–Crippen MR) is 95.6 cm³/mol. The van der Waals surface area contributed by atoms with Gasteiger partial charge in [0.2, 0.25) is 0 Å². The fourth-order valence-corrected chi connectivity index (χ4v) is 3.53. The van der Waals surface area contributed by atoms with Crippen LogP contribution in [0.3, 0.4) is 0 Å². The third-order valence-corrected chi connectivity index (χ3v) is 4.87. The number of benzene rings is 1. The fourth-order valence-electron chi connectivity index (χ4n) is 1.87. The number of aromatic nitrogens is 1. The van der Waals surface area contributed by atoms with E-state index in [1.165, 1.54) is 11.3 Å². The number of halogens is 1. The molecular formula is C16H13ClN2O2S2. The molecule has 0 spiro atoms. The van der Waals surface area contributed by atoms with Crippen LogP contribution >= 0.6 is 34.3 Å². The summed E-state index contributed by atoms with van der Waals surface area (Å²) < 4.78 is 5.59. The minimum atomic E-state index is -0.650. The van der Waals surface area contributed by atoms with Crippen molar-refractivity contribution < 1.29 is 9.53 Å². The summed E-state index contributed by atoms with van der Waals surface area (Å²) in [6.45, 7) is 1.68. The molecule has 4 nitrogen and oxygen atoms in total. The first-order valence-electron chi connectivity index (χ1n) is 6.84. The molecule has 7 heteroatoms. The molecule has 2 heterocycles. The Morgan fingerprint density at radius 1 is 1.30 bits per heavy atom. The van der Waals surface area contributed by atoms with Gasteiger partial charge >= 0.3 is 0 Å². The number of thiazole rings is 1. The molecule has 0 saturated heterocycles. The van der Waals surface area contributed by atoms with Gasteiger partial charge < -0.3 is 4.74 Å². The maximum absolute atomic E-state index is 12.2. The number of amides is 1. The molecule has 0 aliphatic carbocycles. The second-order valence-corrected chi connectivity index (χ2v) is 6.96. The van der Waals surface area contributed by atoms with E-state index < -0.39 is 6.10 Å². The molecule has 23 heavy (non-hydrogen) atoms. The lowest BCUT2D eigenvalue weighted by molar-refractivity contribution is -0.122. The molecule has 118 valence electrons. The van der Waals surface area contributed by atoms with Gasteiger partial charge in [-0.2, -0.15) is 0 Å². The summed E-state index contributed by atoms with van der Waals surface area (Å²) in [5.41, 5.74) is 0.865. The summed E-state index contributed by atoms with van der Waals surface area (Å²) in [4.78, 5) is 17.7. The van der Waals surface area contributed by atoms with Crippen LogP contribution < -0.4 is 10.1 Å². The highest BCUT2D eigenvalue weighted by atomic mass is 35.5. The lowest BCUT2D eigenvalue weighted by Crippen LogP contribution is -2.30. The van der Waals surface area contributed by atoms with Crippen LogP contribution in [0.25, 0.3) is 10.6 Å². The quantitative estimate of drug-likeness (QED) is 0.698. The van der Waals surface area contributed by atoms with Crippen LogP contribution in [0.1, 0.15) is 6.92 Å². The van der Waals surface area contributed by atoms with E-state index in [1.807, 2.05) is 22.9 Å². The number of hydrogen-bond acceptors (Lipinski definition) is 5. The molecule has 0 saturated carbocycles. The van der Waals surface area contributed by atoms with Crippen LogP contribution in [0.15, 0.2) is 47.2 Å². The van der Waals surface area contributed by atoms with E-state index in [4.69, 9.17) is 16.3 Å². The molecule has 0 radical (unpaired) electrons. The summed E-state index contributed by atoms with van der Waals surface area (Å²) in [6.07, 6.45) is -0.650. The summed E-state index contributed by atoms with van der Waals surface area (Å²) in [5, 5.41) is 7.81. The standard InChI is InChI=1S/C16H13ClN2O2S2/c1-10(21-12-5-2-4-11(17)8-12)15(20)19-16-18-13(9-23-16)14-6-3-7-22-14/h2-10H,1H3,(H,18,19,20). The monoisotopic (exact) mass is 364 g/mol. The number of carbonyl (C=O) groups excluding carboxylic acids is 1. The molecule has 1 unspecified atom stereocenters. The molecule has 2 aromatic heterocycles. The zero-order valence-corrected chi connectivity index (χ0v) is 14.5.